The maximum Gasteiger partial charge on any atom is 0.492 e. The maximum absolute atomic E-state index is 11.1. The van der Waals surface area contributed by atoms with E-state index >= 15 is 0 Å². The van der Waals surface area contributed by atoms with Crippen LogP contribution in [0, 0.1) is 10.1 Å². The van der Waals surface area contributed by atoms with E-state index in [4.69, 9.17) is 4.65 Å². The lowest BCUT2D eigenvalue weighted by Gasteiger charge is -2.38. The van der Waals surface area contributed by atoms with Crippen LogP contribution < -0.4 is 5.46 Å². The van der Waals surface area contributed by atoms with Crippen LogP contribution in [-0.4, -0.2) is 38.4 Å². The molecule has 1 aromatic heterocycles. The summed E-state index contributed by atoms with van der Waals surface area (Å²) in [6.07, 6.45) is 2.87. The smallest absolute Gasteiger partial charge is 0.423 e. The van der Waals surface area contributed by atoms with Crippen molar-refractivity contribution in [2.24, 2.45) is 0 Å². The zero-order valence-electron chi connectivity index (χ0n) is 13.5. The number of nitro benzene ring substituents is 1. The third-order valence-corrected chi connectivity index (χ3v) is 4.17. The normalized spacial score (nSPS) is 12.4. The second kappa shape index (κ2) is 5.88. The minimum Gasteiger partial charge on any atom is -0.423 e. The highest BCUT2D eigenvalue weighted by Crippen LogP contribution is 2.27. The van der Waals surface area contributed by atoms with Crippen LogP contribution in [0.1, 0.15) is 27.7 Å². The van der Waals surface area contributed by atoms with Gasteiger partial charge in [0.15, 0.2) is 0 Å². The fourth-order valence-electron chi connectivity index (χ4n) is 2.06. The Morgan fingerprint density at radius 2 is 1.87 bits per heavy atom. The van der Waals surface area contributed by atoms with Crippen molar-refractivity contribution in [1.29, 1.82) is 0 Å². The Labute approximate surface area is 134 Å². The van der Waals surface area contributed by atoms with E-state index in [1.165, 1.54) is 24.5 Å². The molecule has 122 valence electrons. The molecule has 0 saturated heterocycles. The third kappa shape index (κ3) is 3.34. The fourth-order valence-corrected chi connectivity index (χ4v) is 2.06. The van der Waals surface area contributed by atoms with Crippen molar-refractivity contribution in [3.63, 3.8) is 0 Å². The Hall–Kier alpha value is -2.03. The van der Waals surface area contributed by atoms with E-state index in [1.807, 2.05) is 0 Å². The standard InChI is InChI=1S/C15H19BN2O5/c1-14(2,19)15(3,4)23-16(20)12-5-6-13(18(21)22)11-9-17-8-7-10(11)12/h5-9,19-20H,1-4H3. The first-order valence-corrected chi connectivity index (χ1v) is 7.14. The molecule has 0 unspecified atom stereocenters. The summed E-state index contributed by atoms with van der Waals surface area (Å²) >= 11 is 0. The van der Waals surface area contributed by atoms with Crippen LogP contribution in [0.2, 0.25) is 0 Å². The first kappa shape index (κ1) is 17.3. The van der Waals surface area contributed by atoms with Gasteiger partial charge in [-0.3, -0.25) is 15.1 Å². The molecule has 1 heterocycles. The van der Waals surface area contributed by atoms with Crippen molar-refractivity contribution in [2.45, 2.75) is 38.9 Å². The van der Waals surface area contributed by atoms with Gasteiger partial charge in [-0.25, -0.2) is 0 Å². The lowest BCUT2D eigenvalue weighted by molar-refractivity contribution is -0.383. The number of fused-ring (bicyclic) bond motifs is 1. The summed E-state index contributed by atoms with van der Waals surface area (Å²) in [7, 11) is -1.35. The molecular formula is C15H19BN2O5. The summed E-state index contributed by atoms with van der Waals surface area (Å²) in [5.74, 6) is 0. The molecule has 0 aliphatic heterocycles. The lowest BCUT2D eigenvalue weighted by Crippen LogP contribution is -2.53. The van der Waals surface area contributed by atoms with Gasteiger partial charge in [-0.15, -0.1) is 0 Å². The molecule has 2 aromatic rings. The zero-order chi connectivity index (χ0) is 17.4. The molecular weight excluding hydrogens is 299 g/mol. The molecule has 8 heteroatoms. The number of benzene rings is 1. The number of hydrogen-bond donors (Lipinski definition) is 2. The summed E-state index contributed by atoms with van der Waals surface area (Å²) in [4.78, 5) is 14.5. The molecule has 0 atom stereocenters. The van der Waals surface area contributed by atoms with E-state index in [2.05, 4.69) is 4.98 Å². The van der Waals surface area contributed by atoms with E-state index in [0.717, 1.165) is 0 Å². The van der Waals surface area contributed by atoms with Gasteiger partial charge in [-0.2, -0.15) is 0 Å². The monoisotopic (exact) mass is 318 g/mol. The van der Waals surface area contributed by atoms with Crippen LogP contribution in [0.5, 0.6) is 0 Å². The van der Waals surface area contributed by atoms with Gasteiger partial charge in [0.1, 0.15) is 0 Å². The minimum atomic E-state index is -1.35. The maximum atomic E-state index is 11.1. The quantitative estimate of drug-likeness (QED) is 0.490. The average molecular weight is 318 g/mol. The molecule has 7 nitrogen and oxygen atoms in total. The number of rotatable bonds is 5. The second-order valence-electron chi connectivity index (χ2n) is 6.39. The molecule has 2 rings (SSSR count). The third-order valence-electron chi connectivity index (χ3n) is 4.17. The zero-order valence-corrected chi connectivity index (χ0v) is 13.5. The second-order valence-corrected chi connectivity index (χ2v) is 6.39. The Kier molecular flexibility index (Phi) is 4.43. The van der Waals surface area contributed by atoms with Crippen LogP contribution in [0.15, 0.2) is 30.6 Å². The molecule has 0 bridgehead atoms. The summed E-state index contributed by atoms with van der Waals surface area (Å²) in [5.41, 5.74) is -1.93. The predicted molar refractivity (Wildman–Crippen MR) is 87.5 cm³/mol. The van der Waals surface area contributed by atoms with Crippen LogP contribution in [0.25, 0.3) is 10.8 Å². The van der Waals surface area contributed by atoms with E-state index in [9.17, 15) is 20.2 Å². The Morgan fingerprint density at radius 1 is 1.22 bits per heavy atom. The largest absolute Gasteiger partial charge is 0.492 e. The van der Waals surface area contributed by atoms with Gasteiger partial charge >= 0.3 is 7.12 Å². The van der Waals surface area contributed by atoms with E-state index in [-0.39, 0.29) is 5.69 Å². The average Bonchev–Trinajstić information content (AvgIpc) is 2.44. The highest BCUT2D eigenvalue weighted by molar-refractivity contribution is 6.63. The fraction of sp³-hybridized carbons (Fsp3) is 0.400. The van der Waals surface area contributed by atoms with Crippen molar-refractivity contribution >= 4 is 29.0 Å². The summed E-state index contributed by atoms with van der Waals surface area (Å²) in [6.45, 7) is 6.48. The highest BCUT2D eigenvalue weighted by Gasteiger charge is 2.40. The number of nitrogens with zero attached hydrogens (tertiary/aromatic N) is 2. The summed E-state index contributed by atoms with van der Waals surface area (Å²) in [5, 5.41) is 32.5. The first-order chi connectivity index (χ1) is 10.5. The van der Waals surface area contributed by atoms with Crippen LogP contribution in [0.4, 0.5) is 5.69 Å². The highest BCUT2D eigenvalue weighted by atomic mass is 16.6. The van der Waals surface area contributed by atoms with Crippen molar-refractivity contribution in [3.8, 4) is 0 Å². The summed E-state index contributed by atoms with van der Waals surface area (Å²) < 4.78 is 5.61. The van der Waals surface area contributed by atoms with Crippen molar-refractivity contribution in [2.75, 3.05) is 0 Å². The number of hydrogen-bond acceptors (Lipinski definition) is 6. The van der Waals surface area contributed by atoms with Gasteiger partial charge in [-0.05, 0) is 44.6 Å². The molecule has 0 saturated carbocycles. The van der Waals surface area contributed by atoms with E-state index in [1.54, 1.807) is 33.8 Å². The Morgan fingerprint density at radius 3 is 2.43 bits per heavy atom. The van der Waals surface area contributed by atoms with Gasteiger partial charge in [0.05, 0.1) is 21.5 Å². The van der Waals surface area contributed by atoms with Crippen molar-refractivity contribution in [1.82, 2.24) is 4.98 Å². The molecule has 0 amide bonds. The lowest BCUT2D eigenvalue weighted by atomic mass is 9.74. The molecule has 2 N–H and O–H groups in total. The van der Waals surface area contributed by atoms with Gasteiger partial charge < -0.3 is 14.8 Å². The number of pyridine rings is 1. The molecule has 0 radical (unpaired) electrons. The van der Waals surface area contributed by atoms with E-state index < -0.39 is 23.2 Å². The van der Waals surface area contributed by atoms with Crippen molar-refractivity contribution in [3.05, 3.63) is 40.7 Å². The molecule has 1 aromatic carbocycles. The van der Waals surface area contributed by atoms with Gasteiger partial charge in [0.2, 0.25) is 0 Å². The minimum absolute atomic E-state index is 0.0919. The number of aromatic nitrogens is 1. The van der Waals surface area contributed by atoms with Gasteiger partial charge in [-0.1, -0.05) is 6.07 Å². The predicted octanol–water partition coefficient (Wildman–Crippen LogP) is 1.40. The number of non-ortho nitro benzene ring substituents is 1. The molecule has 0 fully saturated rings. The van der Waals surface area contributed by atoms with E-state index in [0.29, 0.717) is 16.2 Å². The molecule has 0 spiro atoms. The Bertz CT molecular complexity index is 742. The van der Waals surface area contributed by atoms with Crippen molar-refractivity contribution < 1.29 is 19.7 Å². The molecule has 0 aliphatic carbocycles. The van der Waals surface area contributed by atoms with Gasteiger partial charge in [0, 0.05) is 18.5 Å². The topological polar surface area (TPSA) is 106 Å². The van der Waals surface area contributed by atoms with Crippen LogP contribution >= 0.6 is 0 Å². The number of nitro groups is 1. The van der Waals surface area contributed by atoms with Gasteiger partial charge in [0.25, 0.3) is 5.69 Å². The van der Waals surface area contributed by atoms with Crippen LogP contribution in [0.3, 0.4) is 0 Å². The Balaban J connectivity index is 2.49. The SMILES string of the molecule is CC(C)(O)C(C)(C)OB(O)c1ccc([N+](=O)[O-])c2cnccc12. The summed E-state index contributed by atoms with van der Waals surface area (Å²) in [6, 6.07) is 4.34. The number of aliphatic hydroxyl groups is 1. The molecule has 23 heavy (non-hydrogen) atoms. The molecule has 0 aliphatic rings. The van der Waals surface area contributed by atoms with Crippen LogP contribution in [-0.2, 0) is 4.65 Å². The first-order valence-electron chi connectivity index (χ1n) is 7.14.